The summed E-state index contributed by atoms with van der Waals surface area (Å²) in [7, 11) is 1.73. The van der Waals surface area contributed by atoms with Crippen LogP contribution in [-0.4, -0.2) is 60.4 Å². The highest BCUT2D eigenvalue weighted by Gasteiger charge is 2.21. The maximum atomic E-state index is 13.2. The molecule has 0 bridgehead atoms. The number of hydrogen-bond donors (Lipinski definition) is 2. The van der Waals surface area contributed by atoms with Crippen molar-refractivity contribution in [3.63, 3.8) is 0 Å². The number of aldehydes is 1. The van der Waals surface area contributed by atoms with Gasteiger partial charge in [-0.15, -0.1) is 0 Å². The molecule has 2 amide bonds. The quantitative estimate of drug-likeness (QED) is 0.395. The molecular formula is C31H41N5O3. The minimum Gasteiger partial charge on any atom is -0.387 e. The van der Waals surface area contributed by atoms with Gasteiger partial charge in [0.25, 0.3) is 0 Å². The van der Waals surface area contributed by atoms with Crippen molar-refractivity contribution in [1.82, 2.24) is 9.80 Å². The van der Waals surface area contributed by atoms with Gasteiger partial charge < -0.3 is 21.3 Å². The fourth-order valence-electron chi connectivity index (χ4n) is 4.28. The predicted octanol–water partition coefficient (Wildman–Crippen LogP) is 5.00. The van der Waals surface area contributed by atoms with Crippen LogP contribution < -0.4 is 11.5 Å². The number of rotatable bonds is 11. The first-order chi connectivity index (χ1) is 18.7. The molecule has 2 aromatic carbocycles. The number of benzene rings is 2. The van der Waals surface area contributed by atoms with Gasteiger partial charge >= 0.3 is 0 Å². The molecule has 0 saturated carbocycles. The lowest BCUT2D eigenvalue weighted by atomic mass is 9.97. The third kappa shape index (κ3) is 8.67. The number of nitrogens with two attached hydrogens (primary N) is 2. The van der Waals surface area contributed by atoms with Crippen molar-refractivity contribution in [2.75, 3.05) is 26.7 Å². The van der Waals surface area contributed by atoms with Gasteiger partial charge in [0.05, 0.1) is 12.2 Å². The SMILES string of the molecule is CC.CCCN(CCC)C(=O)C1=Cc2ccc(-c3ccc(C=O)c(/C=C\N(C)CC(N)=O)c3)cc2N=C(N)C1. The molecule has 0 atom stereocenters. The highest BCUT2D eigenvalue weighted by atomic mass is 16.2. The van der Waals surface area contributed by atoms with Crippen molar-refractivity contribution in [2.24, 2.45) is 16.5 Å². The van der Waals surface area contributed by atoms with E-state index < -0.39 is 5.91 Å². The van der Waals surface area contributed by atoms with Crippen molar-refractivity contribution in [3.05, 3.63) is 64.9 Å². The number of nitrogens with zero attached hydrogens (tertiary/aromatic N) is 3. The number of aliphatic imine (C=N–C) groups is 1. The molecule has 2 aromatic rings. The molecule has 4 N–H and O–H groups in total. The lowest BCUT2D eigenvalue weighted by Crippen LogP contribution is -2.34. The van der Waals surface area contributed by atoms with E-state index in [1.54, 1.807) is 30.3 Å². The average Bonchev–Trinajstić information content (AvgIpc) is 3.09. The highest BCUT2D eigenvalue weighted by molar-refractivity contribution is 6.05. The molecule has 0 spiro atoms. The van der Waals surface area contributed by atoms with Gasteiger partial charge in [-0.1, -0.05) is 52.0 Å². The molecule has 8 nitrogen and oxygen atoms in total. The lowest BCUT2D eigenvalue weighted by molar-refractivity contribution is -0.127. The summed E-state index contributed by atoms with van der Waals surface area (Å²) >= 11 is 0. The molecular weight excluding hydrogens is 490 g/mol. The van der Waals surface area contributed by atoms with Crippen molar-refractivity contribution >= 4 is 41.8 Å². The van der Waals surface area contributed by atoms with E-state index in [0.717, 1.165) is 35.8 Å². The Bertz CT molecular complexity index is 1260. The van der Waals surface area contributed by atoms with Crippen LogP contribution in [0.2, 0.25) is 0 Å². The standard InChI is InChI=1S/C29H35N5O3.C2H6/c1-4-11-34(12-5-2)29(37)25-15-23-8-6-21(16-26(23)32-27(30)17-25)20-7-9-24(19-35)22(14-20)10-13-33(3)18-28(31)36;1-2/h6-10,13-16,19H,4-5,11-12,17-18H2,1-3H3,(H2,30,32)(H2,31,36);1-2H3/b13-10-;. The number of likely N-dealkylation sites (N-methyl/N-ethyl adjacent to an activating group) is 1. The van der Waals surface area contributed by atoms with Gasteiger partial charge in [0.2, 0.25) is 11.8 Å². The van der Waals surface area contributed by atoms with E-state index in [-0.39, 0.29) is 12.5 Å². The van der Waals surface area contributed by atoms with E-state index in [4.69, 9.17) is 11.5 Å². The van der Waals surface area contributed by atoms with Crippen molar-refractivity contribution in [1.29, 1.82) is 0 Å². The summed E-state index contributed by atoms with van der Waals surface area (Å²) in [5, 5.41) is 0. The summed E-state index contributed by atoms with van der Waals surface area (Å²) < 4.78 is 0. The number of amides is 2. The second kappa shape index (κ2) is 15.3. The topological polar surface area (TPSA) is 122 Å². The Morgan fingerprint density at radius 1 is 1.00 bits per heavy atom. The minimum atomic E-state index is -0.441. The second-order valence-electron chi connectivity index (χ2n) is 9.17. The first-order valence-corrected chi connectivity index (χ1v) is 13.5. The van der Waals surface area contributed by atoms with Crippen LogP contribution >= 0.6 is 0 Å². The number of carbonyl (C=O) groups excluding carboxylic acids is 3. The Labute approximate surface area is 232 Å². The number of amidine groups is 1. The van der Waals surface area contributed by atoms with Crippen LogP contribution in [0.3, 0.4) is 0 Å². The maximum Gasteiger partial charge on any atom is 0.250 e. The third-order valence-corrected chi connectivity index (χ3v) is 6.01. The Morgan fingerprint density at radius 3 is 2.26 bits per heavy atom. The summed E-state index contributed by atoms with van der Waals surface area (Å²) in [4.78, 5) is 44.1. The van der Waals surface area contributed by atoms with Gasteiger partial charge in [-0.3, -0.25) is 14.4 Å². The van der Waals surface area contributed by atoms with E-state index in [1.165, 1.54) is 0 Å². The smallest absolute Gasteiger partial charge is 0.250 e. The van der Waals surface area contributed by atoms with Crippen molar-refractivity contribution < 1.29 is 14.4 Å². The molecule has 0 saturated heterocycles. The zero-order chi connectivity index (χ0) is 28.9. The van der Waals surface area contributed by atoms with E-state index in [0.29, 0.717) is 47.7 Å². The molecule has 1 heterocycles. The summed E-state index contributed by atoms with van der Waals surface area (Å²) in [5.74, 6) is -0.0505. The van der Waals surface area contributed by atoms with Gasteiger partial charge in [-0.25, -0.2) is 4.99 Å². The fourth-order valence-corrected chi connectivity index (χ4v) is 4.28. The summed E-state index contributed by atoms with van der Waals surface area (Å²) in [6.07, 6.45) is 8.25. The molecule has 0 aliphatic carbocycles. The van der Waals surface area contributed by atoms with Crippen molar-refractivity contribution in [2.45, 2.75) is 47.0 Å². The van der Waals surface area contributed by atoms with Gasteiger partial charge in [-0.05, 0) is 60.0 Å². The van der Waals surface area contributed by atoms with Gasteiger partial charge in [-0.2, -0.15) is 0 Å². The zero-order valence-electron chi connectivity index (χ0n) is 23.7. The first-order valence-electron chi connectivity index (χ1n) is 13.5. The van der Waals surface area contributed by atoms with E-state index in [2.05, 4.69) is 18.8 Å². The minimum absolute atomic E-state index is 0.000890. The van der Waals surface area contributed by atoms with Crippen LogP contribution in [0.25, 0.3) is 23.3 Å². The molecule has 0 radical (unpaired) electrons. The summed E-state index contributed by atoms with van der Waals surface area (Å²) in [6.45, 7) is 9.61. The van der Waals surface area contributed by atoms with Crippen LogP contribution in [0.15, 0.2) is 53.2 Å². The van der Waals surface area contributed by atoms with E-state index >= 15 is 0 Å². The van der Waals surface area contributed by atoms with Gasteiger partial charge in [0.15, 0.2) is 6.29 Å². The Morgan fingerprint density at radius 2 is 1.64 bits per heavy atom. The molecule has 39 heavy (non-hydrogen) atoms. The predicted molar refractivity (Wildman–Crippen MR) is 161 cm³/mol. The second-order valence-corrected chi connectivity index (χ2v) is 9.17. The van der Waals surface area contributed by atoms with Crippen LogP contribution in [0.4, 0.5) is 5.69 Å². The van der Waals surface area contributed by atoms with Gasteiger partial charge in [0.1, 0.15) is 5.84 Å². The lowest BCUT2D eigenvalue weighted by Gasteiger charge is -2.22. The number of carbonyl (C=O) groups is 3. The average molecular weight is 532 g/mol. The molecule has 0 aromatic heterocycles. The largest absolute Gasteiger partial charge is 0.387 e. The molecule has 8 heteroatoms. The number of hydrogen-bond acceptors (Lipinski definition) is 6. The van der Waals surface area contributed by atoms with E-state index in [1.807, 2.05) is 55.2 Å². The van der Waals surface area contributed by atoms with Crippen LogP contribution in [-0.2, 0) is 9.59 Å². The zero-order valence-corrected chi connectivity index (χ0v) is 23.7. The van der Waals surface area contributed by atoms with Crippen LogP contribution in [0.5, 0.6) is 0 Å². The Hall–Kier alpha value is -4.20. The molecule has 0 unspecified atom stereocenters. The van der Waals surface area contributed by atoms with Crippen molar-refractivity contribution in [3.8, 4) is 11.1 Å². The Kier molecular flexibility index (Phi) is 12.1. The normalized spacial score (nSPS) is 12.3. The molecule has 3 rings (SSSR count). The highest BCUT2D eigenvalue weighted by Crippen LogP contribution is 2.33. The van der Waals surface area contributed by atoms with Gasteiger partial charge in [0, 0.05) is 43.3 Å². The third-order valence-electron chi connectivity index (χ3n) is 6.01. The fraction of sp³-hybridized carbons (Fsp3) is 0.355. The molecule has 0 fully saturated rings. The molecule has 208 valence electrons. The summed E-state index contributed by atoms with van der Waals surface area (Å²) in [6, 6.07) is 11.4. The maximum absolute atomic E-state index is 13.2. The monoisotopic (exact) mass is 531 g/mol. The van der Waals surface area contributed by atoms with Crippen LogP contribution in [0, 0.1) is 0 Å². The van der Waals surface area contributed by atoms with Crippen LogP contribution in [0.1, 0.15) is 68.4 Å². The first kappa shape index (κ1) is 31.0. The molecule has 1 aliphatic heterocycles. The van der Waals surface area contributed by atoms with E-state index in [9.17, 15) is 14.4 Å². The summed E-state index contributed by atoms with van der Waals surface area (Å²) in [5.41, 5.74) is 16.7. The number of fused-ring (bicyclic) bond motifs is 1. The molecule has 1 aliphatic rings. The number of primary amides is 1. The Balaban J connectivity index is 0.00000260.